The molecule has 0 radical (unpaired) electrons. The molecule has 4 heteroatoms. The summed E-state index contributed by atoms with van der Waals surface area (Å²) in [6.45, 7) is 7.28. The van der Waals surface area contributed by atoms with Gasteiger partial charge in [-0.2, -0.15) is 5.26 Å². The van der Waals surface area contributed by atoms with E-state index < -0.39 is 0 Å². The van der Waals surface area contributed by atoms with E-state index in [1.165, 1.54) is 12.8 Å². The molecule has 0 bridgehead atoms. The molecule has 1 saturated carbocycles. The lowest BCUT2D eigenvalue weighted by atomic mass is 10.3. The molecule has 1 aromatic rings. The first-order valence-corrected chi connectivity index (χ1v) is 6.72. The van der Waals surface area contributed by atoms with Gasteiger partial charge in [0, 0.05) is 5.92 Å². The van der Waals surface area contributed by atoms with Crippen LogP contribution in [0.25, 0.3) is 0 Å². The largest absolute Gasteiger partial charge is 0.297 e. The molecule has 1 heterocycles. The van der Waals surface area contributed by atoms with E-state index in [0.29, 0.717) is 5.92 Å². The van der Waals surface area contributed by atoms with E-state index in [2.05, 4.69) is 29.8 Å². The number of hydrogen-bond donors (Lipinski definition) is 0. The maximum absolute atomic E-state index is 9.06. The molecule has 1 fully saturated rings. The van der Waals surface area contributed by atoms with E-state index in [4.69, 9.17) is 5.26 Å². The van der Waals surface area contributed by atoms with Crippen molar-refractivity contribution in [2.45, 2.75) is 39.2 Å². The summed E-state index contributed by atoms with van der Waals surface area (Å²) in [6.07, 6.45) is 2.42. The average molecular weight is 235 g/mol. The number of nitrogens with zero attached hydrogens (tertiary/aromatic N) is 3. The second kappa shape index (κ2) is 4.94. The van der Waals surface area contributed by atoms with Crippen LogP contribution in [0.15, 0.2) is 0 Å². The van der Waals surface area contributed by atoms with Crippen molar-refractivity contribution in [3.05, 3.63) is 15.6 Å². The van der Waals surface area contributed by atoms with Crippen molar-refractivity contribution in [3.8, 4) is 6.07 Å². The molecule has 16 heavy (non-hydrogen) atoms. The molecule has 1 aliphatic carbocycles. The highest BCUT2D eigenvalue weighted by atomic mass is 32.1. The van der Waals surface area contributed by atoms with Gasteiger partial charge in [0.1, 0.15) is 16.0 Å². The normalized spacial score (nSPS) is 15.4. The molecule has 0 aromatic carbocycles. The molecule has 1 aliphatic rings. The summed E-state index contributed by atoms with van der Waals surface area (Å²) in [6, 6.07) is 2.28. The molecule has 0 amide bonds. The first-order chi connectivity index (χ1) is 7.78. The van der Waals surface area contributed by atoms with Crippen LogP contribution in [0.2, 0.25) is 0 Å². The zero-order chi connectivity index (χ0) is 11.5. The van der Waals surface area contributed by atoms with Gasteiger partial charge in [0.2, 0.25) is 0 Å². The van der Waals surface area contributed by atoms with E-state index in [0.717, 1.165) is 35.2 Å². The predicted octanol–water partition coefficient (Wildman–Crippen LogP) is 2.73. The third-order valence-electron chi connectivity index (χ3n) is 3.02. The van der Waals surface area contributed by atoms with Gasteiger partial charge in [0.15, 0.2) is 0 Å². The molecule has 0 saturated heterocycles. The van der Waals surface area contributed by atoms with Gasteiger partial charge in [-0.1, -0.05) is 13.8 Å². The van der Waals surface area contributed by atoms with Crippen LogP contribution in [0.1, 0.15) is 48.2 Å². The van der Waals surface area contributed by atoms with Gasteiger partial charge in [0.25, 0.3) is 0 Å². The lowest BCUT2D eigenvalue weighted by Gasteiger charge is -2.15. The Morgan fingerprint density at radius 2 is 2.12 bits per heavy atom. The van der Waals surface area contributed by atoms with Crippen LogP contribution < -0.4 is 0 Å². The van der Waals surface area contributed by atoms with Crippen molar-refractivity contribution >= 4 is 11.3 Å². The lowest BCUT2D eigenvalue weighted by Crippen LogP contribution is -2.21. The quantitative estimate of drug-likeness (QED) is 0.788. The summed E-state index contributed by atoms with van der Waals surface area (Å²) in [4.78, 5) is 7.80. The fourth-order valence-corrected chi connectivity index (χ4v) is 2.79. The maximum atomic E-state index is 9.06. The first-order valence-electron chi connectivity index (χ1n) is 5.90. The molecule has 86 valence electrons. The second-order valence-electron chi connectivity index (χ2n) is 4.17. The molecule has 3 nitrogen and oxygen atoms in total. The van der Waals surface area contributed by atoms with Gasteiger partial charge in [-0.15, -0.1) is 11.3 Å². The van der Waals surface area contributed by atoms with E-state index in [1.54, 1.807) is 11.3 Å². The summed E-state index contributed by atoms with van der Waals surface area (Å²) in [5, 5.41) is 10.2. The summed E-state index contributed by atoms with van der Waals surface area (Å²) in [5.74, 6) is 0.580. The van der Waals surface area contributed by atoms with Gasteiger partial charge in [-0.05, 0) is 25.9 Å². The fourth-order valence-electron chi connectivity index (χ4n) is 1.80. The van der Waals surface area contributed by atoms with Gasteiger partial charge in [0.05, 0.1) is 12.2 Å². The standard InChI is InChI=1S/C12H17N3S/c1-3-15(4-2)8-11-14-12(9-5-6-9)10(7-13)16-11/h9H,3-6,8H2,1-2H3. The van der Waals surface area contributed by atoms with Crippen molar-refractivity contribution in [2.75, 3.05) is 13.1 Å². The lowest BCUT2D eigenvalue weighted by molar-refractivity contribution is 0.295. The minimum atomic E-state index is 0.580. The van der Waals surface area contributed by atoms with E-state index in [-0.39, 0.29) is 0 Å². The Kier molecular flexibility index (Phi) is 3.57. The molecule has 0 aliphatic heterocycles. The Balaban J connectivity index is 2.13. The molecule has 1 aromatic heterocycles. The zero-order valence-corrected chi connectivity index (χ0v) is 10.7. The van der Waals surface area contributed by atoms with Crippen molar-refractivity contribution in [2.24, 2.45) is 0 Å². The van der Waals surface area contributed by atoms with Crippen LogP contribution in [-0.2, 0) is 6.54 Å². The Hall–Kier alpha value is -0.920. The Morgan fingerprint density at radius 1 is 1.44 bits per heavy atom. The third kappa shape index (κ3) is 2.42. The number of hydrogen-bond acceptors (Lipinski definition) is 4. The number of rotatable bonds is 5. The third-order valence-corrected chi connectivity index (χ3v) is 3.98. The van der Waals surface area contributed by atoms with Crippen LogP contribution in [0.5, 0.6) is 0 Å². The minimum Gasteiger partial charge on any atom is -0.297 e. The van der Waals surface area contributed by atoms with Gasteiger partial charge < -0.3 is 0 Å². The SMILES string of the molecule is CCN(CC)Cc1nc(C2CC2)c(C#N)s1. The Bertz CT molecular complexity index is 397. The summed E-state index contributed by atoms with van der Waals surface area (Å²) in [7, 11) is 0. The van der Waals surface area contributed by atoms with Crippen molar-refractivity contribution < 1.29 is 0 Å². The van der Waals surface area contributed by atoms with Crippen LogP contribution in [0.3, 0.4) is 0 Å². The fraction of sp³-hybridized carbons (Fsp3) is 0.667. The molecule has 0 atom stereocenters. The Morgan fingerprint density at radius 3 is 2.62 bits per heavy atom. The highest BCUT2D eigenvalue weighted by Gasteiger charge is 2.29. The first kappa shape index (κ1) is 11.6. The summed E-state index contributed by atoms with van der Waals surface area (Å²) < 4.78 is 0. The number of thiazole rings is 1. The van der Waals surface area contributed by atoms with Crippen LogP contribution in [0.4, 0.5) is 0 Å². The monoisotopic (exact) mass is 235 g/mol. The molecule has 0 N–H and O–H groups in total. The topological polar surface area (TPSA) is 39.9 Å². The van der Waals surface area contributed by atoms with Crippen LogP contribution in [0, 0.1) is 11.3 Å². The molecular formula is C12H17N3S. The molecular weight excluding hydrogens is 218 g/mol. The highest BCUT2D eigenvalue weighted by Crippen LogP contribution is 2.42. The maximum Gasteiger partial charge on any atom is 0.128 e. The van der Waals surface area contributed by atoms with Crippen molar-refractivity contribution in [1.82, 2.24) is 9.88 Å². The predicted molar refractivity (Wildman–Crippen MR) is 65.4 cm³/mol. The summed E-state index contributed by atoms with van der Waals surface area (Å²) in [5.41, 5.74) is 1.06. The number of aromatic nitrogens is 1. The molecule has 2 rings (SSSR count). The van der Waals surface area contributed by atoms with Crippen LogP contribution in [-0.4, -0.2) is 23.0 Å². The molecule has 0 spiro atoms. The van der Waals surface area contributed by atoms with E-state index in [1.807, 2.05) is 0 Å². The van der Waals surface area contributed by atoms with E-state index in [9.17, 15) is 0 Å². The second-order valence-corrected chi connectivity index (χ2v) is 5.25. The molecule has 0 unspecified atom stereocenters. The zero-order valence-electron chi connectivity index (χ0n) is 9.86. The van der Waals surface area contributed by atoms with Gasteiger partial charge >= 0.3 is 0 Å². The average Bonchev–Trinajstić information content (AvgIpc) is 3.07. The number of nitriles is 1. The highest BCUT2D eigenvalue weighted by molar-refractivity contribution is 7.12. The van der Waals surface area contributed by atoms with E-state index >= 15 is 0 Å². The summed E-state index contributed by atoms with van der Waals surface area (Å²) >= 11 is 1.57. The van der Waals surface area contributed by atoms with Crippen molar-refractivity contribution in [3.63, 3.8) is 0 Å². The van der Waals surface area contributed by atoms with Gasteiger partial charge in [-0.3, -0.25) is 4.90 Å². The van der Waals surface area contributed by atoms with Gasteiger partial charge in [-0.25, -0.2) is 4.98 Å². The van der Waals surface area contributed by atoms with Crippen LogP contribution >= 0.6 is 11.3 Å². The Labute approximate surface area is 101 Å². The minimum absolute atomic E-state index is 0.580. The smallest absolute Gasteiger partial charge is 0.128 e. The van der Waals surface area contributed by atoms with Crippen molar-refractivity contribution in [1.29, 1.82) is 5.26 Å².